The normalized spacial score (nSPS) is 13.0. The Balaban J connectivity index is 1.52. The van der Waals surface area contributed by atoms with Crippen molar-refractivity contribution in [1.82, 2.24) is 0 Å². The fourth-order valence-corrected chi connectivity index (χ4v) is 6.66. The molecule has 1 unspecified atom stereocenters. The first-order chi connectivity index (χ1) is 20.9. The number of nitriles is 1. The first kappa shape index (κ1) is 32.6. The molecule has 0 fully saturated rings. The van der Waals surface area contributed by atoms with Crippen LogP contribution in [0.2, 0.25) is 0 Å². The summed E-state index contributed by atoms with van der Waals surface area (Å²) in [6.45, 7) is 5.77. The van der Waals surface area contributed by atoms with Gasteiger partial charge < -0.3 is 20.3 Å². The van der Waals surface area contributed by atoms with E-state index in [9.17, 15) is 18.8 Å². The van der Waals surface area contributed by atoms with Gasteiger partial charge in [0.25, 0.3) is 10.0 Å². The van der Waals surface area contributed by atoms with E-state index in [-0.39, 0.29) is 29.5 Å². The summed E-state index contributed by atoms with van der Waals surface area (Å²) in [5.74, 6) is 1.09. The molecule has 9 heteroatoms. The molecule has 0 heterocycles. The number of aryl methyl sites for hydroxylation is 1. The van der Waals surface area contributed by atoms with Crippen molar-refractivity contribution in [1.29, 1.82) is 5.26 Å². The fourth-order valence-electron chi connectivity index (χ4n) is 5.09. The number of hydrogen-bond donors (Lipinski definition) is 2. The van der Waals surface area contributed by atoms with Crippen LogP contribution in [0, 0.1) is 18.3 Å². The van der Waals surface area contributed by atoms with E-state index in [1.54, 1.807) is 43.5 Å². The Bertz CT molecular complexity index is 1680. The Morgan fingerprint density at radius 3 is 2.18 bits per heavy atom. The molecule has 0 radical (unpaired) electrons. The molecule has 4 aromatic carbocycles. The number of nitrogens with zero attached hydrogens (tertiary/aromatic N) is 2. The van der Waals surface area contributed by atoms with Crippen LogP contribution in [-0.2, 0) is 16.6 Å². The van der Waals surface area contributed by atoms with E-state index in [0.717, 1.165) is 22.4 Å². The van der Waals surface area contributed by atoms with E-state index >= 15 is 0 Å². The van der Waals surface area contributed by atoms with Crippen LogP contribution in [0.4, 0.5) is 5.69 Å². The molecule has 0 spiro atoms. The molecule has 0 aliphatic carbocycles. The number of hydrogen-bond acceptors (Lipinski definition) is 7. The Morgan fingerprint density at radius 2 is 1.59 bits per heavy atom. The smallest absolute Gasteiger partial charge is 0.265 e. The lowest BCUT2D eigenvalue weighted by atomic mass is 9.79. The Kier molecular flexibility index (Phi) is 10.3. The summed E-state index contributed by atoms with van der Waals surface area (Å²) >= 11 is 0. The van der Waals surface area contributed by atoms with Gasteiger partial charge in [0.2, 0.25) is 0 Å². The van der Waals surface area contributed by atoms with Gasteiger partial charge in [-0.15, -0.1) is 0 Å². The van der Waals surface area contributed by atoms with E-state index < -0.39 is 21.7 Å². The van der Waals surface area contributed by atoms with Crippen molar-refractivity contribution < 1.29 is 23.0 Å². The highest BCUT2D eigenvalue weighted by molar-refractivity contribution is 7.92. The zero-order chi connectivity index (χ0) is 31.9. The number of sulfonamides is 1. The van der Waals surface area contributed by atoms with Crippen LogP contribution in [0.15, 0.2) is 102 Å². The maximum absolute atomic E-state index is 14.0. The largest absolute Gasteiger partial charge is 0.497 e. The minimum absolute atomic E-state index is 0.0308. The Labute approximate surface area is 260 Å². The molecular formula is C35H39N3O5S. The average Bonchev–Trinajstić information content (AvgIpc) is 3.01. The van der Waals surface area contributed by atoms with Crippen molar-refractivity contribution in [2.75, 3.05) is 18.0 Å². The van der Waals surface area contributed by atoms with Crippen LogP contribution in [0.25, 0.3) is 0 Å². The maximum Gasteiger partial charge on any atom is 0.265 e. The van der Waals surface area contributed by atoms with Crippen molar-refractivity contribution in [3.05, 3.63) is 119 Å². The molecule has 3 N–H and O–H groups in total. The summed E-state index contributed by atoms with van der Waals surface area (Å²) in [7, 11) is -2.49. The van der Waals surface area contributed by atoms with Gasteiger partial charge in [-0.1, -0.05) is 48.5 Å². The standard InChI is InChI=1S/C35H39N3O5S/c1-25-10-19-34(28(20-25)22-36)44(40,41)38(23-26-8-6-5-7-9-26)29-13-17-32(18-14-29)43-24-30(39)21-33(35(2,3)37)27-11-15-31(42-4)16-12-27/h5-20,30,33,39H,21,23-24,37H2,1-4H3/t30-,33?/m1/s1. The maximum atomic E-state index is 14.0. The van der Waals surface area contributed by atoms with Gasteiger partial charge in [0.05, 0.1) is 31.0 Å². The molecule has 2 atom stereocenters. The van der Waals surface area contributed by atoms with Crippen molar-refractivity contribution in [2.45, 2.75) is 56.2 Å². The lowest BCUT2D eigenvalue weighted by molar-refractivity contribution is 0.0862. The second-order valence-corrected chi connectivity index (χ2v) is 13.3. The second kappa shape index (κ2) is 14.0. The number of nitrogens with two attached hydrogens (primary N) is 1. The summed E-state index contributed by atoms with van der Waals surface area (Å²) in [5, 5.41) is 20.6. The van der Waals surface area contributed by atoms with Crippen molar-refractivity contribution in [2.24, 2.45) is 5.73 Å². The highest BCUT2D eigenvalue weighted by Crippen LogP contribution is 2.33. The van der Waals surface area contributed by atoms with Crippen molar-refractivity contribution >= 4 is 15.7 Å². The van der Waals surface area contributed by atoms with Gasteiger partial charge >= 0.3 is 0 Å². The molecular weight excluding hydrogens is 574 g/mol. The first-order valence-electron chi connectivity index (χ1n) is 14.3. The third-order valence-corrected chi connectivity index (χ3v) is 9.32. The summed E-state index contributed by atoms with van der Waals surface area (Å²) in [5.41, 5.74) is 8.98. The van der Waals surface area contributed by atoms with E-state index in [2.05, 4.69) is 0 Å². The van der Waals surface area contributed by atoms with Gasteiger partial charge in [-0.05, 0) is 92.4 Å². The van der Waals surface area contributed by atoms with Crippen molar-refractivity contribution in [3.8, 4) is 17.6 Å². The summed E-state index contributed by atoms with van der Waals surface area (Å²) < 4.78 is 40.4. The van der Waals surface area contributed by atoms with Gasteiger partial charge in [-0.25, -0.2) is 8.42 Å². The van der Waals surface area contributed by atoms with E-state index in [1.165, 1.54) is 10.4 Å². The van der Waals surface area contributed by atoms with Crippen molar-refractivity contribution in [3.63, 3.8) is 0 Å². The number of benzene rings is 4. The number of anilines is 1. The van der Waals surface area contributed by atoms with Crippen LogP contribution in [0.5, 0.6) is 11.5 Å². The Hall–Kier alpha value is -4.36. The average molecular weight is 614 g/mol. The molecule has 0 saturated heterocycles. The quantitative estimate of drug-likeness (QED) is 0.192. The molecule has 0 aliphatic heterocycles. The predicted molar refractivity (Wildman–Crippen MR) is 172 cm³/mol. The lowest BCUT2D eigenvalue weighted by Gasteiger charge is -2.32. The van der Waals surface area contributed by atoms with E-state index in [4.69, 9.17) is 15.2 Å². The molecule has 44 heavy (non-hydrogen) atoms. The zero-order valence-electron chi connectivity index (χ0n) is 25.5. The third-order valence-electron chi connectivity index (χ3n) is 7.48. The second-order valence-electron chi connectivity index (χ2n) is 11.5. The Morgan fingerprint density at radius 1 is 0.955 bits per heavy atom. The molecule has 0 amide bonds. The molecule has 8 nitrogen and oxygen atoms in total. The van der Waals surface area contributed by atoms with Crippen LogP contribution in [0.1, 0.15) is 48.4 Å². The molecule has 0 aromatic heterocycles. The highest BCUT2D eigenvalue weighted by Gasteiger charge is 2.30. The summed E-state index contributed by atoms with van der Waals surface area (Å²) in [6.07, 6.45) is -0.417. The molecule has 4 rings (SSSR count). The van der Waals surface area contributed by atoms with E-state index in [1.807, 2.05) is 81.4 Å². The summed E-state index contributed by atoms with van der Waals surface area (Å²) in [6, 6.07) is 30.3. The molecule has 4 aromatic rings. The van der Waals surface area contributed by atoms with Gasteiger partial charge in [0.1, 0.15) is 29.1 Å². The number of aliphatic hydroxyl groups is 1. The van der Waals surface area contributed by atoms with Gasteiger partial charge in [-0.2, -0.15) is 5.26 Å². The van der Waals surface area contributed by atoms with Crippen LogP contribution < -0.4 is 19.5 Å². The molecule has 230 valence electrons. The number of methoxy groups -OCH3 is 1. The topological polar surface area (TPSA) is 126 Å². The zero-order valence-corrected chi connectivity index (χ0v) is 26.3. The summed E-state index contributed by atoms with van der Waals surface area (Å²) in [4.78, 5) is -0.0563. The molecule has 0 saturated carbocycles. The number of rotatable bonds is 13. The molecule has 0 bridgehead atoms. The lowest BCUT2D eigenvalue weighted by Crippen LogP contribution is -2.41. The van der Waals surface area contributed by atoms with Crippen LogP contribution >= 0.6 is 0 Å². The SMILES string of the molecule is COc1ccc(C(C[C@@H](O)COc2ccc(N(Cc3ccccc3)S(=O)(=O)c3ccc(C)cc3C#N)cc2)C(C)(C)N)cc1. The fraction of sp³-hybridized carbons (Fsp3) is 0.286. The van der Waals surface area contributed by atoms with Crippen LogP contribution in [0.3, 0.4) is 0 Å². The van der Waals surface area contributed by atoms with Crippen LogP contribution in [-0.4, -0.2) is 38.9 Å². The minimum atomic E-state index is -4.10. The van der Waals surface area contributed by atoms with Gasteiger partial charge in [0, 0.05) is 11.5 Å². The van der Waals surface area contributed by atoms with Gasteiger partial charge in [-0.3, -0.25) is 4.31 Å². The number of ether oxygens (including phenoxy) is 2. The minimum Gasteiger partial charge on any atom is -0.497 e. The molecule has 0 aliphatic rings. The highest BCUT2D eigenvalue weighted by atomic mass is 32.2. The monoisotopic (exact) mass is 613 g/mol. The van der Waals surface area contributed by atoms with Gasteiger partial charge in [0.15, 0.2) is 0 Å². The van der Waals surface area contributed by atoms with E-state index in [0.29, 0.717) is 17.9 Å². The first-order valence-corrected chi connectivity index (χ1v) is 15.8. The third kappa shape index (κ3) is 7.97. The number of aliphatic hydroxyl groups excluding tert-OH is 1. The predicted octanol–water partition coefficient (Wildman–Crippen LogP) is 5.92.